The van der Waals surface area contributed by atoms with Gasteiger partial charge in [0.25, 0.3) is 5.91 Å². The maximum Gasteiger partial charge on any atom is 0.252 e. The molecule has 2 atom stereocenters. The summed E-state index contributed by atoms with van der Waals surface area (Å²) in [6.45, 7) is 0.781. The Morgan fingerprint density at radius 2 is 1.63 bits per heavy atom. The first-order valence-corrected chi connectivity index (χ1v) is 17.7. The Kier molecular flexibility index (Phi) is 11.4. The van der Waals surface area contributed by atoms with E-state index in [-0.39, 0.29) is 18.9 Å². The summed E-state index contributed by atoms with van der Waals surface area (Å²) in [5, 5.41) is 12.4. The number of hydrogen-bond acceptors (Lipinski definition) is 7. The van der Waals surface area contributed by atoms with Crippen LogP contribution in [0.4, 0.5) is 0 Å². The van der Waals surface area contributed by atoms with Crippen molar-refractivity contribution in [2.24, 2.45) is 4.99 Å². The number of nitrogens with zero attached hydrogens (tertiary/aromatic N) is 1. The van der Waals surface area contributed by atoms with E-state index in [1.54, 1.807) is 18.9 Å². The average molecular weight is 738 g/mol. The molecular formula is C40H37BrN2O5S. The molecule has 6 rings (SSSR count). The van der Waals surface area contributed by atoms with E-state index in [0.29, 0.717) is 42.5 Å². The maximum absolute atomic E-state index is 14.8. The van der Waals surface area contributed by atoms with Crippen molar-refractivity contribution >= 4 is 39.5 Å². The predicted molar refractivity (Wildman–Crippen MR) is 196 cm³/mol. The smallest absolute Gasteiger partial charge is 0.252 e. The zero-order valence-electron chi connectivity index (χ0n) is 27.1. The number of benzene rings is 5. The number of carbonyl (C=O) groups is 1. The highest BCUT2D eigenvalue weighted by molar-refractivity contribution is 9.10. The Labute approximate surface area is 299 Å². The van der Waals surface area contributed by atoms with Crippen LogP contribution in [-0.4, -0.2) is 42.8 Å². The first-order valence-electron chi connectivity index (χ1n) is 16.1. The number of aliphatic hydroxyl groups excluding tert-OH is 1. The minimum atomic E-state index is -1.37. The van der Waals surface area contributed by atoms with Crippen molar-refractivity contribution in [1.82, 2.24) is 5.32 Å². The summed E-state index contributed by atoms with van der Waals surface area (Å²) in [7, 11) is 1.62. The molecule has 5 aromatic rings. The molecule has 7 nitrogen and oxygen atoms in total. The molecule has 0 aliphatic carbocycles. The molecular weight excluding hydrogens is 700 g/mol. The standard InChI is InChI=1S/C40H37BrN2O5S/c1-46-33-14-9-13-29(25-33)37-40(26-30-11-5-7-17-35(30)41,43-38(48-37)28-19-21-32(22-20-28)47-24-10-23-44)39(45)42-27-31-12-6-8-18-36(31)49-34-15-3-2-4-16-34/h2-9,11-22,25,37,44H,10,23-24,26-27H2,1H3,(H,42,45)/t37-,40-/m1/s1. The molecule has 1 aliphatic heterocycles. The minimum Gasteiger partial charge on any atom is -0.497 e. The third-order valence-corrected chi connectivity index (χ3v) is 10.1. The lowest BCUT2D eigenvalue weighted by molar-refractivity contribution is -0.129. The number of methoxy groups -OCH3 is 1. The number of carbonyl (C=O) groups excluding carboxylic acids is 1. The lowest BCUT2D eigenvalue weighted by Gasteiger charge is -2.31. The van der Waals surface area contributed by atoms with Crippen LogP contribution in [0.2, 0.25) is 0 Å². The summed E-state index contributed by atoms with van der Waals surface area (Å²) in [6.07, 6.45) is 0.0511. The van der Waals surface area contributed by atoms with Gasteiger partial charge in [0.2, 0.25) is 5.90 Å². The van der Waals surface area contributed by atoms with Crippen molar-refractivity contribution in [2.75, 3.05) is 20.3 Å². The van der Waals surface area contributed by atoms with Crippen molar-refractivity contribution in [3.8, 4) is 11.5 Å². The average Bonchev–Trinajstić information content (AvgIpc) is 3.53. The van der Waals surface area contributed by atoms with Crippen LogP contribution < -0.4 is 14.8 Å². The number of aliphatic hydroxyl groups is 1. The van der Waals surface area contributed by atoms with Gasteiger partial charge in [0.1, 0.15) is 11.5 Å². The van der Waals surface area contributed by atoms with Gasteiger partial charge in [-0.2, -0.15) is 0 Å². The first-order chi connectivity index (χ1) is 24.0. The molecule has 0 fully saturated rings. The fourth-order valence-corrected chi connectivity index (χ4v) is 7.10. The monoisotopic (exact) mass is 736 g/mol. The molecule has 49 heavy (non-hydrogen) atoms. The summed E-state index contributed by atoms with van der Waals surface area (Å²) >= 11 is 5.37. The van der Waals surface area contributed by atoms with E-state index in [1.807, 2.05) is 109 Å². The predicted octanol–water partition coefficient (Wildman–Crippen LogP) is 8.19. The highest BCUT2D eigenvalue weighted by Crippen LogP contribution is 2.44. The topological polar surface area (TPSA) is 89.4 Å². The van der Waals surface area contributed by atoms with E-state index >= 15 is 0 Å². The van der Waals surface area contributed by atoms with Gasteiger partial charge in [0, 0.05) is 45.8 Å². The third-order valence-electron chi connectivity index (χ3n) is 8.23. The van der Waals surface area contributed by atoms with Gasteiger partial charge in [-0.3, -0.25) is 4.79 Å². The number of halogens is 1. The number of nitrogens with one attached hydrogen (secondary N) is 1. The summed E-state index contributed by atoms with van der Waals surface area (Å²) in [4.78, 5) is 22.2. The molecule has 5 aromatic carbocycles. The van der Waals surface area contributed by atoms with E-state index in [0.717, 1.165) is 31.0 Å². The lowest BCUT2D eigenvalue weighted by atomic mass is 9.82. The van der Waals surface area contributed by atoms with Crippen molar-refractivity contribution in [1.29, 1.82) is 0 Å². The normalized spacial score (nSPS) is 16.8. The van der Waals surface area contributed by atoms with Crippen LogP contribution >= 0.6 is 27.7 Å². The highest BCUT2D eigenvalue weighted by Gasteiger charge is 2.53. The Hall–Kier alpha value is -4.57. The SMILES string of the molecule is COc1cccc([C@H]2OC(c3ccc(OCCCO)cc3)=N[C@@]2(Cc2ccccc2Br)C(=O)NCc2ccccc2Sc2ccccc2)c1. The molecule has 0 bridgehead atoms. The van der Waals surface area contributed by atoms with Crippen molar-refractivity contribution in [2.45, 2.75) is 40.8 Å². The Morgan fingerprint density at radius 3 is 2.39 bits per heavy atom. The maximum atomic E-state index is 14.8. The highest BCUT2D eigenvalue weighted by atomic mass is 79.9. The molecule has 0 radical (unpaired) electrons. The van der Waals surface area contributed by atoms with Crippen LogP contribution in [0.3, 0.4) is 0 Å². The molecule has 0 saturated carbocycles. The second-order valence-corrected chi connectivity index (χ2v) is 13.5. The third kappa shape index (κ3) is 8.19. The second-order valence-electron chi connectivity index (χ2n) is 11.5. The number of rotatable bonds is 14. The molecule has 1 aliphatic rings. The van der Waals surface area contributed by atoms with E-state index < -0.39 is 11.6 Å². The van der Waals surface area contributed by atoms with Gasteiger partial charge in [-0.1, -0.05) is 94.4 Å². The van der Waals surface area contributed by atoms with Gasteiger partial charge in [0.15, 0.2) is 11.6 Å². The molecule has 0 aromatic heterocycles. The molecule has 0 spiro atoms. The summed E-state index contributed by atoms with van der Waals surface area (Å²) in [6, 6.07) is 41.2. The van der Waals surface area contributed by atoms with Gasteiger partial charge in [-0.15, -0.1) is 0 Å². The zero-order valence-corrected chi connectivity index (χ0v) is 29.5. The molecule has 0 unspecified atom stereocenters. The van der Waals surface area contributed by atoms with Crippen LogP contribution in [0.15, 0.2) is 147 Å². The van der Waals surface area contributed by atoms with Crippen LogP contribution in [0.5, 0.6) is 11.5 Å². The first kappa shape index (κ1) is 34.3. The quantitative estimate of drug-likeness (QED) is 0.112. The van der Waals surface area contributed by atoms with E-state index in [4.69, 9.17) is 24.3 Å². The second kappa shape index (κ2) is 16.2. The van der Waals surface area contributed by atoms with E-state index in [1.165, 1.54) is 0 Å². The Bertz CT molecular complexity index is 1900. The number of hydrogen-bond donors (Lipinski definition) is 2. The Morgan fingerprint density at radius 1 is 0.898 bits per heavy atom. The van der Waals surface area contributed by atoms with Crippen molar-refractivity contribution < 1.29 is 24.1 Å². The van der Waals surface area contributed by atoms with Crippen molar-refractivity contribution in [3.05, 3.63) is 154 Å². The zero-order chi connectivity index (χ0) is 34.1. The minimum absolute atomic E-state index is 0.0630. The lowest BCUT2D eigenvalue weighted by Crippen LogP contribution is -2.49. The van der Waals surface area contributed by atoms with Gasteiger partial charge < -0.3 is 24.6 Å². The number of ether oxygens (including phenoxy) is 3. The summed E-state index contributed by atoms with van der Waals surface area (Å²) < 4.78 is 18.9. The van der Waals surface area contributed by atoms with Gasteiger partial charge in [0.05, 0.1) is 13.7 Å². The molecule has 9 heteroatoms. The van der Waals surface area contributed by atoms with E-state index in [2.05, 4.69) is 39.4 Å². The molecule has 2 N–H and O–H groups in total. The molecule has 1 heterocycles. The summed E-state index contributed by atoms with van der Waals surface area (Å²) in [5.41, 5.74) is 2.03. The number of aliphatic imine (C=N–C) groups is 1. The molecule has 1 amide bonds. The number of amides is 1. The van der Waals surface area contributed by atoms with Crippen LogP contribution in [0.25, 0.3) is 0 Å². The summed E-state index contributed by atoms with van der Waals surface area (Å²) in [5.74, 6) is 1.43. The van der Waals surface area contributed by atoms with Crippen LogP contribution in [0, 0.1) is 0 Å². The van der Waals surface area contributed by atoms with Gasteiger partial charge in [-0.05, 0) is 77.4 Å². The van der Waals surface area contributed by atoms with Gasteiger partial charge >= 0.3 is 0 Å². The fraction of sp³-hybridized carbons (Fsp3) is 0.200. The fourth-order valence-electron chi connectivity index (χ4n) is 5.71. The largest absolute Gasteiger partial charge is 0.497 e. The van der Waals surface area contributed by atoms with Gasteiger partial charge in [-0.25, -0.2) is 4.99 Å². The molecule has 250 valence electrons. The van der Waals surface area contributed by atoms with Crippen LogP contribution in [0.1, 0.15) is 34.8 Å². The van der Waals surface area contributed by atoms with E-state index in [9.17, 15) is 4.79 Å². The molecule has 0 saturated heterocycles. The van der Waals surface area contributed by atoms with Crippen LogP contribution in [-0.2, 0) is 22.5 Å². The van der Waals surface area contributed by atoms with Crippen molar-refractivity contribution in [3.63, 3.8) is 0 Å². The Balaban J connectivity index is 1.39.